The molecule has 0 aliphatic rings. The smallest absolute Gasteiger partial charge is 0.253 e. The van der Waals surface area contributed by atoms with Gasteiger partial charge in [0.2, 0.25) is 0 Å². The molecule has 2 rings (SSSR count). The van der Waals surface area contributed by atoms with E-state index in [1.807, 2.05) is 32.2 Å². The Morgan fingerprint density at radius 2 is 2.00 bits per heavy atom. The molecule has 0 bridgehead atoms. The number of nitrogens with one attached hydrogen (secondary N) is 1. The Labute approximate surface area is 124 Å². The zero-order valence-corrected chi connectivity index (χ0v) is 12.5. The van der Waals surface area contributed by atoms with Crippen molar-refractivity contribution in [2.45, 2.75) is 13.5 Å². The van der Waals surface area contributed by atoms with E-state index in [-0.39, 0.29) is 11.7 Å². The molecule has 0 saturated heterocycles. The van der Waals surface area contributed by atoms with Crippen LogP contribution in [0.5, 0.6) is 0 Å². The van der Waals surface area contributed by atoms with Crippen molar-refractivity contribution in [2.24, 2.45) is 0 Å². The summed E-state index contributed by atoms with van der Waals surface area (Å²) in [6.07, 6.45) is 0. The number of hydrogen-bond donors (Lipinski definition) is 1. The predicted molar refractivity (Wildman–Crippen MR) is 82.9 cm³/mol. The number of halogens is 1. The van der Waals surface area contributed by atoms with Crippen molar-refractivity contribution in [2.75, 3.05) is 19.4 Å². The number of rotatable bonds is 4. The Bertz CT molecular complexity index is 655. The normalized spacial score (nSPS) is 10.3. The summed E-state index contributed by atoms with van der Waals surface area (Å²) in [6, 6.07) is 11.8. The van der Waals surface area contributed by atoms with Crippen molar-refractivity contribution in [3.63, 3.8) is 0 Å². The molecule has 0 saturated carbocycles. The zero-order valence-electron chi connectivity index (χ0n) is 12.5. The minimum absolute atomic E-state index is 0.0787. The van der Waals surface area contributed by atoms with Gasteiger partial charge in [-0.05, 0) is 48.4 Å². The van der Waals surface area contributed by atoms with E-state index < -0.39 is 0 Å². The molecule has 0 atom stereocenters. The van der Waals surface area contributed by atoms with E-state index in [0.29, 0.717) is 12.1 Å². The fourth-order valence-corrected chi connectivity index (χ4v) is 2.28. The first-order valence-corrected chi connectivity index (χ1v) is 6.79. The van der Waals surface area contributed by atoms with Gasteiger partial charge >= 0.3 is 0 Å². The van der Waals surface area contributed by atoms with E-state index in [0.717, 1.165) is 16.8 Å². The fourth-order valence-electron chi connectivity index (χ4n) is 2.28. The summed E-state index contributed by atoms with van der Waals surface area (Å²) in [7, 11) is 3.56. The van der Waals surface area contributed by atoms with Crippen molar-refractivity contribution in [1.29, 1.82) is 0 Å². The highest BCUT2D eigenvalue weighted by Gasteiger charge is 2.13. The van der Waals surface area contributed by atoms with Crippen LogP contribution in [-0.2, 0) is 6.54 Å². The first kappa shape index (κ1) is 15.0. The summed E-state index contributed by atoms with van der Waals surface area (Å²) in [5.74, 6) is -0.368. The molecule has 0 heterocycles. The molecule has 4 heteroatoms. The minimum atomic E-state index is -0.289. The quantitative estimate of drug-likeness (QED) is 0.933. The van der Waals surface area contributed by atoms with E-state index in [1.54, 1.807) is 24.1 Å². The second-order valence-corrected chi connectivity index (χ2v) is 5.07. The SMILES string of the molecule is CNc1ccc(C(=O)N(C)Cc2cccc(F)c2)cc1C. The standard InChI is InChI=1S/C17H19FN2O/c1-12-9-14(7-8-16(12)19-2)17(21)20(3)11-13-5-4-6-15(18)10-13/h4-10,19H,11H2,1-3H3. The van der Waals surface area contributed by atoms with Crippen molar-refractivity contribution >= 4 is 11.6 Å². The number of carbonyl (C=O) groups is 1. The fraction of sp³-hybridized carbons (Fsp3) is 0.235. The van der Waals surface area contributed by atoms with Crippen molar-refractivity contribution in [3.05, 3.63) is 65.0 Å². The number of nitrogens with zero attached hydrogens (tertiary/aromatic N) is 1. The van der Waals surface area contributed by atoms with Crippen LogP contribution in [0, 0.1) is 12.7 Å². The highest BCUT2D eigenvalue weighted by molar-refractivity contribution is 5.94. The number of hydrogen-bond acceptors (Lipinski definition) is 2. The van der Waals surface area contributed by atoms with Gasteiger partial charge in [-0.25, -0.2) is 4.39 Å². The molecule has 3 nitrogen and oxygen atoms in total. The molecule has 0 aromatic heterocycles. The van der Waals surface area contributed by atoms with Crippen LogP contribution in [0.15, 0.2) is 42.5 Å². The number of aryl methyl sites for hydroxylation is 1. The number of amides is 1. The summed E-state index contributed by atoms with van der Waals surface area (Å²) < 4.78 is 13.2. The lowest BCUT2D eigenvalue weighted by Gasteiger charge is -2.18. The Morgan fingerprint density at radius 3 is 2.62 bits per heavy atom. The van der Waals surface area contributed by atoms with Gasteiger partial charge in [0.05, 0.1) is 0 Å². The Morgan fingerprint density at radius 1 is 1.24 bits per heavy atom. The molecule has 110 valence electrons. The summed E-state index contributed by atoms with van der Waals surface area (Å²) in [5, 5.41) is 3.07. The van der Waals surface area contributed by atoms with Gasteiger partial charge in [-0.1, -0.05) is 12.1 Å². The van der Waals surface area contributed by atoms with E-state index in [1.165, 1.54) is 12.1 Å². The van der Waals surface area contributed by atoms with Gasteiger partial charge in [0.15, 0.2) is 0 Å². The van der Waals surface area contributed by atoms with E-state index >= 15 is 0 Å². The maximum absolute atomic E-state index is 13.2. The molecule has 0 aliphatic heterocycles. The summed E-state index contributed by atoms with van der Waals surface area (Å²) in [6.45, 7) is 2.33. The van der Waals surface area contributed by atoms with Gasteiger partial charge in [-0.3, -0.25) is 4.79 Å². The first-order chi connectivity index (χ1) is 10.0. The third-order valence-electron chi connectivity index (χ3n) is 3.40. The molecule has 1 N–H and O–H groups in total. The van der Waals surface area contributed by atoms with Crippen molar-refractivity contribution in [1.82, 2.24) is 4.90 Å². The highest BCUT2D eigenvalue weighted by Crippen LogP contribution is 2.17. The largest absolute Gasteiger partial charge is 0.388 e. The van der Waals surface area contributed by atoms with Gasteiger partial charge in [-0.15, -0.1) is 0 Å². The molecule has 0 radical (unpaired) electrons. The monoisotopic (exact) mass is 286 g/mol. The van der Waals surface area contributed by atoms with Crippen LogP contribution in [0.3, 0.4) is 0 Å². The summed E-state index contributed by atoms with van der Waals surface area (Å²) in [5.41, 5.74) is 3.42. The third kappa shape index (κ3) is 3.60. The molecule has 21 heavy (non-hydrogen) atoms. The van der Waals surface area contributed by atoms with Crippen LogP contribution in [0.2, 0.25) is 0 Å². The van der Waals surface area contributed by atoms with E-state index in [9.17, 15) is 9.18 Å². The van der Waals surface area contributed by atoms with Crippen molar-refractivity contribution < 1.29 is 9.18 Å². The highest BCUT2D eigenvalue weighted by atomic mass is 19.1. The summed E-state index contributed by atoms with van der Waals surface area (Å²) >= 11 is 0. The maximum atomic E-state index is 13.2. The molecule has 2 aromatic rings. The minimum Gasteiger partial charge on any atom is -0.388 e. The second kappa shape index (κ2) is 6.39. The third-order valence-corrected chi connectivity index (χ3v) is 3.40. The van der Waals surface area contributed by atoms with Crippen LogP contribution < -0.4 is 5.32 Å². The number of anilines is 1. The molecular formula is C17H19FN2O. The number of benzene rings is 2. The van der Waals surface area contributed by atoms with Gasteiger partial charge in [0.25, 0.3) is 5.91 Å². The topological polar surface area (TPSA) is 32.3 Å². The van der Waals surface area contributed by atoms with Crippen molar-refractivity contribution in [3.8, 4) is 0 Å². The first-order valence-electron chi connectivity index (χ1n) is 6.79. The lowest BCUT2D eigenvalue weighted by molar-refractivity contribution is 0.0785. The van der Waals surface area contributed by atoms with Crippen LogP contribution in [0.4, 0.5) is 10.1 Å². The molecule has 0 unspecified atom stereocenters. The van der Waals surface area contributed by atoms with E-state index in [4.69, 9.17) is 0 Å². The van der Waals surface area contributed by atoms with Crippen LogP contribution in [-0.4, -0.2) is 24.9 Å². The molecule has 1 amide bonds. The van der Waals surface area contributed by atoms with E-state index in [2.05, 4.69) is 5.32 Å². The number of carbonyl (C=O) groups excluding carboxylic acids is 1. The van der Waals surface area contributed by atoms with Crippen LogP contribution in [0.25, 0.3) is 0 Å². The zero-order chi connectivity index (χ0) is 15.4. The average Bonchev–Trinajstić information content (AvgIpc) is 2.46. The van der Waals surface area contributed by atoms with Gasteiger partial charge < -0.3 is 10.2 Å². The molecule has 0 spiro atoms. The molecular weight excluding hydrogens is 267 g/mol. The van der Waals surface area contributed by atoms with Crippen LogP contribution in [0.1, 0.15) is 21.5 Å². The Balaban J connectivity index is 2.14. The maximum Gasteiger partial charge on any atom is 0.253 e. The van der Waals surface area contributed by atoms with Gasteiger partial charge in [0, 0.05) is 31.9 Å². The predicted octanol–water partition coefficient (Wildman–Crippen LogP) is 3.45. The van der Waals surface area contributed by atoms with Gasteiger partial charge in [0.1, 0.15) is 5.82 Å². The lowest BCUT2D eigenvalue weighted by atomic mass is 10.1. The molecule has 0 aliphatic carbocycles. The molecule has 2 aromatic carbocycles. The second-order valence-electron chi connectivity index (χ2n) is 5.07. The Hall–Kier alpha value is -2.36. The van der Waals surface area contributed by atoms with Crippen LogP contribution >= 0.6 is 0 Å². The summed E-state index contributed by atoms with van der Waals surface area (Å²) in [4.78, 5) is 14.0. The average molecular weight is 286 g/mol. The lowest BCUT2D eigenvalue weighted by Crippen LogP contribution is -2.26. The van der Waals surface area contributed by atoms with Gasteiger partial charge in [-0.2, -0.15) is 0 Å². The Kier molecular flexibility index (Phi) is 4.58. The molecule has 0 fully saturated rings.